The molecule has 1 aliphatic rings. The van der Waals surface area contributed by atoms with Crippen LogP contribution in [0.5, 0.6) is 0 Å². The molecular weight excluding hydrogens is 471 g/mol. The molecule has 0 aromatic rings. The van der Waals surface area contributed by atoms with Crippen LogP contribution in [0.25, 0.3) is 0 Å². The van der Waals surface area contributed by atoms with E-state index in [0.29, 0.717) is 5.92 Å². The zero-order valence-corrected chi connectivity index (χ0v) is 21.0. The summed E-state index contributed by atoms with van der Waals surface area (Å²) in [6.45, 7) is 18.0. The Bertz CT molecular complexity index is 481. The summed E-state index contributed by atoms with van der Waals surface area (Å²) in [6.07, 6.45) is 1.68. The molecule has 2 atom stereocenters. The van der Waals surface area contributed by atoms with Gasteiger partial charge >= 0.3 is 6.09 Å². The Morgan fingerprint density at radius 1 is 1.29 bits per heavy atom. The topological polar surface area (TPSA) is 75.2 Å². The van der Waals surface area contributed by atoms with Crippen molar-refractivity contribution in [3.8, 4) is 0 Å². The molecule has 8 heteroatoms. The van der Waals surface area contributed by atoms with E-state index in [1.807, 2.05) is 27.7 Å². The molecule has 2 unspecified atom stereocenters. The first-order valence-electron chi connectivity index (χ1n) is 10.3. The highest BCUT2D eigenvalue weighted by Gasteiger charge is 2.27. The molecule has 0 aliphatic carbocycles. The molecule has 0 aromatic heterocycles. The molecule has 1 heterocycles. The monoisotopic (exact) mass is 512 g/mol. The van der Waals surface area contributed by atoms with Crippen molar-refractivity contribution in [3.05, 3.63) is 0 Å². The van der Waals surface area contributed by atoms with Crippen LogP contribution >= 0.6 is 24.0 Å². The number of likely N-dealkylation sites (tertiary alicyclic amines) is 1. The predicted octanol–water partition coefficient (Wildman–Crippen LogP) is 3.62. The first-order valence-corrected chi connectivity index (χ1v) is 10.3. The minimum Gasteiger partial charge on any atom is -0.444 e. The standard InChI is InChI=1S/C20H40N4O3.HI/c1-8-21-18(22-12-10-17(15(3)4)26-9-2)24-13-11-16(14-24)23-19(25)27-20(5,6)7;/h15-17H,8-14H2,1-7H3,(H,21,22)(H,23,25);1H. The number of nitrogens with one attached hydrogen (secondary N) is 2. The van der Waals surface area contributed by atoms with Gasteiger partial charge in [0, 0.05) is 32.8 Å². The van der Waals surface area contributed by atoms with Crippen molar-refractivity contribution in [1.82, 2.24) is 15.5 Å². The number of carbonyl (C=O) groups excluding carboxylic acids is 1. The minimum absolute atomic E-state index is 0. The lowest BCUT2D eigenvalue weighted by Gasteiger charge is -2.24. The Balaban J connectivity index is 0.00000729. The van der Waals surface area contributed by atoms with Gasteiger partial charge in [-0.3, -0.25) is 4.99 Å². The number of aliphatic imine (C=N–C) groups is 1. The predicted molar refractivity (Wildman–Crippen MR) is 126 cm³/mol. The third kappa shape index (κ3) is 10.7. The van der Waals surface area contributed by atoms with E-state index in [9.17, 15) is 4.79 Å². The Hall–Kier alpha value is -0.770. The number of guanidine groups is 1. The van der Waals surface area contributed by atoms with E-state index in [4.69, 9.17) is 14.5 Å². The number of ether oxygens (including phenoxy) is 2. The summed E-state index contributed by atoms with van der Waals surface area (Å²) in [6, 6.07) is 0.0792. The number of halogens is 1. The summed E-state index contributed by atoms with van der Waals surface area (Å²) < 4.78 is 11.2. The third-order valence-corrected chi connectivity index (χ3v) is 4.34. The zero-order valence-electron chi connectivity index (χ0n) is 18.7. The number of carbonyl (C=O) groups is 1. The second-order valence-corrected chi connectivity index (χ2v) is 8.34. The fraction of sp³-hybridized carbons (Fsp3) is 0.900. The Kier molecular flexibility index (Phi) is 13.1. The molecule has 7 nitrogen and oxygen atoms in total. The van der Waals surface area contributed by atoms with Gasteiger partial charge in [0.25, 0.3) is 0 Å². The van der Waals surface area contributed by atoms with Crippen molar-refractivity contribution in [2.75, 3.05) is 32.8 Å². The summed E-state index contributed by atoms with van der Waals surface area (Å²) >= 11 is 0. The van der Waals surface area contributed by atoms with Crippen LogP contribution in [0.15, 0.2) is 4.99 Å². The minimum atomic E-state index is -0.480. The molecule has 1 saturated heterocycles. The lowest BCUT2D eigenvalue weighted by atomic mass is 10.0. The molecule has 0 aromatic carbocycles. The Morgan fingerprint density at radius 3 is 2.50 bits per heavy atom. The van der Waals surface area contributed by atoms with E-state index in [2.05, 4.69) is 36.3 Å². The van der Waals surface area contributed by atoms with Crippen molar-refractivity contribution in [2.24, 2.45) is 10.9 Å². The maximum atomic E-state index is 12.0. The van der Waals surface area contributed by atoms with Gasteiger partial charge in [-0.05, 0) is 53.4 Å². The van der Waals surface area contributed by atoms with Gasteiger partial charge < -0.3 is 25.0 Å². The van der Waals surface area contributed by atoms with Crippen LogP contribution in [0.1, 0.15) is 61.3 Å². The molecular formula is C20H41IN4O3. The second-order valence-electron chi connectivity index (χ2n) is 8.34. The highest BCUT2D eigenvalue weighted by molar-refractivity contribution is 14.0. The maximum Gasteiger partial charge on any atom is 0.407 e. The molecule has 1 amide bonds. The van der Waals surface area contributed by atoms with Crippen LogP contribution < -0.4 is 10.6 Å². The van der Waals surface area contributed by atoms with Gasteiger partial charge in [-0.1, -0.05) is 13.8 Å². The van der Waals surface area contributed by atoms with Gasteiger partial charge in [0.15, 0.2) is 5.96 Å². The van der Waals surface area contributed by atoms with Crippen molar-refractivity contribution in [3.63, 3.8) is 0 Å². The number of hydrogen-bond donors (Lipinski definition) is 2. The van der Waals surface area contributed by atoms with Crippen molar-refractivity contribution in [1.29, 1.82) is 0 Å². The molecule has 2 N–H and O–H groups in total. The number of nitrogens with zero attached hydrogens (tertiary/aromatic N) is 2. The molecule has 0 bridgehead atoms. The van der Waals surface area contributed by atoms with E-state index >= 15 is 0 Å². The van der Waals surface area contributed by atoms with E-state index < -0.39 is 5.60 Å². The van der Waals surface area contributed by atoms with Gasteiger partial charge in [-0.2, -0.15) is 0 Å². The molecule has 1 fully saturated rings. The van der Waals surface area contributed by atoms with Gasteiger partial charge in [0.1, 0.15) is 5.60 Å². The molecule has 166 valence electrons. The number of alkyl carbamates (subject to hydrolysis) is 1. The highest BCUT2D eigenvalue weighted by atomic mass is 127. The van der Waals surface area contributed by atoms with Crippen molar-refractivity contribution < 1.29 is 14.3 Å². The fourth-order valence-electron chi connectivity index (χ4n) is 3.09. The summed E-state index contributed by atoms with van der Waals surface area (Å²) in [5.41, 5.74) is -0.480. The van der Waals surface area contributed by atoms with Gasteiger partial charge in [0.2, 0.25) is 0 Å². The quantitative estimate of drug-likeness (QED) is 0.295. The fourth-order valence-corrected chi connectivity index (χ4v) is 3.09. The van der Waals surface area contributed by atoms with E-state index in [1.165, 1.54) is 0 Å². The van der Waals surface area contributed by atoms with Crippen molar-refractivity contribution >= 4 is 36.0 Å². The van der Waals surface area contributed by atoms with Crippen LogP contribution in [0.2, 0.25) is 0 Å². The molecule has 1 rings (SSSR count). The summed E-state index contributed by atoms with van der Waals surface area (Å²) in [7, 11) is 0. The summed E-state index contributed by atoms with van der Waals surface area (Å²) in [5.74, 6) is 1.39. The molecule has 0 saturated carbocycles. The molecule has 1 aliphatic heterocycles. The molecule has 0 radical (unpaired) electrons. The van der Waals surface area contributed by atoms with E-state index in [-0.39, 0.29) is 42.2 Å². The first kappa shape index (κ1) is 27.2. The molecule has 0 spiro atoms. The van der Waals surface area contributed by atoms with Crippen LogP contribution in [0.4, 0.5) is 4.79 Å². The number of rotatable bonds is 8. The van der Waals surface area contributed by atoms with Gasteiger partial charge in [-0.25, -0.2) is 4.79 Å². The second kappa shape index (κ2) is 13.5. The smallest absolute Gasteiger partial charge is 0.407 e. The lowest BCUT2D eigenvalue weighted by molar-refractivity contribution is 0.0266. The summed E-state index contributed by atoms with van der Waals surface area (Å²) in [5, 5.41) is 6.33. The van der Waals surface area contributed by atoms with Crippen LogP contribution in [-0.2, 0) is 9.47 Å². The van der Waals surface area contributed by atoms with Crippen LogP contribution in [0, 0.1) is 5.92 Å². The average molecular weight is 512 g/mol. The Morgan fingerprint density at radius 2 is 1.96 bits per heavy atom. The van der Waals surface area contributed by atoms with Crippen LogP contribution in [-0.4, -0.2) is 67.5 Å². The number of amides is 1. The van der Waals surface area contributed by atoms with Crippen molar-refractivity contribution in [2.45, 2.75) is 79.1 Å². The largest absolute Gasteiger partial charge is 0.444 e. The highest BCUT2D eigenvalue weighted by Crippen LogP contribution is 2.13. The zero-order chi connectivity index (χ0) is 20.4. The normalized spacial score (nSPS) is 18.6. The third-order valence-electron chi connectivity index (χ3n) is 4.34. The molecule has 28 heavy (non-hydrogen) atoms. The average Bonchev–Trinajstić information content (AvgIpc) is 2.99. The van der Waals surface area contributed by atoms with E-state index in [1.54, 1.807) is 0 Å². The van der Waals surface area contributed by atoms with Crippen LogP contribution in [0.3, 0.4) is 0 Å². The van der Waals surface area contributed by atoms with Gasteiger partial charge in [0.05, 0.1) is 12.1 Å². The lowest BCUT2D eigenvalue weighted by Crippen LogP contribution is -2.44. The first-order chi connectivity index (χ1) is 12.7. The number of hydrogen-bond acceptors (Lipinski definition) is 4. The maximum absolute atomic E-state index is 12.0. The van der Waals surface area contributed by atoms with Gasteiger partial charge in [-0.15, -0.1) is 24.0 Å². The van der Waals surface area contributed by atoms with E-state index in [0.717, 1.165) is 51.6 Å². The summed E-state index contributed by atoms with van der Waals surface area (Å²) in [4.78, 5) is 19.0. The SMILES string of the molecule is CCNC(=NCCC(OCC)C(C)C)N1CCC(NC(=O)OC(C)(C)C)C1.I. The Labute approximate surface area is 188 Å².